The minimum atomic E-state index is 0.0904. The van der Waals surface area contributed by atoms with E-state index in [2.05, 4.69) is 36.3 Å². The molecule has 1 aromatic rings. The van der Waals surface area contributed by atoms with Gasteiger partial charge in [-0.2, -0.15) is 5.10 Å². The van der Waals surface area contributed by atoms with Crippen LogP contribution >= 0.6 is 0 Å². The molecular formula is C13H25N5O. The maximum absolute atomic E-state index is 5.79. The van der Waals surface area contributed by atoms with Crippen molar-refractivity contribution >= 4 is 0 Å². The van der Waals surface area contributed by atoms with Gasteiger partial charge in [-0.25, -0.2) is 9.67 Å². The van der Waals surface area contributed by atoms with Crippen LogP contribution in [0.3, 0.4) is 0 Å². The first-order valence-corrected chi connectivity index (χ1v) is 7.06. The number of hydrazine groups is 1. The summed E-state index contributed by atoms with van der Waals surface area (Å²) < 4.78 is 7.75. The molecule has 6 nitrogen and oxygen atoms in total. The maximum atomic E-state index is 5.79. The number of aromatic nitrogens is 3. The molecule has 19 heavy (non-hydrogen) atoms. The molecule has 1 aliphatic rings. The molecule has 0 radical (unpaired) electrons. The minimum Gasteiger partial charge on any atom is -0.376 e. The van der Waals surface area contributed by atoms with Crippen LogP contribution in [-0.2, 0) is 17.7 Å². The molecule has 1 aromatic heterocycles. The molecule has 0 saturated carbocycles. The van der Waals surface area contributed by atoms with Gasteiger partial charge in [0.25, 0.3) is 0 Å². The Morgan fingerprint density at radius 2 is 2.37 bits per heavy atom. The standard InChI is InChI=1S/C13H25N5O/c1-9(2)7-18-12(15-8-16-18)6-11(17-14)13-10(3)4-5-19-13/h8-11,13,17H,4-7,14H2,1-3H3. The Balaban J connectivity index is 2.03. The molecule has 1 saturated heterocycles. The van der Waals surface area contributed by atoms with Gasteiger partial charge < -0.3 is 4.74 Å². The second-order valence-corrected chi connectivity index (χ2v) is 5.83. The molecule has 0 amide bonds. The van der Waals surface area contributed by atoms with Gasteiger partial charge >= 0.3 is 0 Å². The minimum absolute atomic E-state index is 0.0904. The lowest BCUT2D eigenvalue weighted by molar-refractivity contribution is 0.0600. The van der Waals surface area contributed by atoms with Gasteiger partial charge in [0.1, 0.15) is 12.2 Å². The number of nitrogens with zero attached hydrogens (tertiary/aromatic N) is 3. The van der Waals surface area contributed by atoms with E-state index in [1.165, 1.54) is 0 Å². The van der Waals surface area contributed by atoms with Gasteiger partial charge in [0, 0.05) is 19.6 Å². The lowest BCUT2D eigenvalue weighted by atomic mass is 9.95. The smallest absolute Gasteiger partial charge is 0.138 e. The van der Waals surface area contributed by atoms with E-state index < -0.39 is 0 Å². The summed E-state index contributed by atoms with van der Waals surface area (Å²) in [5.74, 6) is 7.74. The predicted octanol–water partition coefficient (Wildman–Crippen LogP) is 0.734. The predicted molar refractivity (Wildman–Crippen MR) is 73.2 cm³/mol. The van der Waals surface area contributed by atoms with Crippen molar-refractivity contribution in [3.05, 3.63) is 12.2 Å². The monoisotopic (exact) mass is 267 g/mol. The highest BCUT2D eigenvalue weighted by molar-refractivity contribution is 4.95. The van der Waals surface area contributed by atoms with Crippen LogP contribution in [0.15, 0.2) is 6.33 Å². The largest absolute Gasteiger partial charge is 0.376 e. The maximum Gasteiger partial charge on any atom is 0.138 e. The van der Waals surface area contributed by atoms with Crippen molar-refractivity contribution in [2.75, 3.05) is 6.61 Å². The van der Waals surface area contributed by atoms with Crippen molar-refractivity contribution in [2.24, 2.45) is 17.7 Å². The summed E-state index contributed by atoms with van der Waals surface area (Å²) in [5.41, 5.74) is 2.89. The van der Waals surface area contributed by atoms with Crippen molar-refractivity contribution in [1.29, 1.82) is 0 Å². The van der Waals surface area contributed by atoms with Crippen molar-refractivity contribution in [1.82, 2.24) is 20.2 Å². The van der Waals surface area contributed by atoms with E-state index >= 15 is 0 Å². The highest BCUT2D eigenvalue weighted by atomic mass is 16.5. The van der Waals surface area contributed by atoms with Crippen LogP contribution in [0.2, 0.25) is 0 Å². The number of rotatable bonds is 6. The summed E-state index contributed by atoms with van der Waals surface area (Å²) in [5, 5.41) is 4.29. The number of ether oxygens (including phenoxy) is 1. The fourth-order valence-electron chi connectivity index (χ4n) is 2.64. The third-order valence-electron chi connectivity index (χ3n) is 3.69. The van der Waals surface area contributed by atoms with E-state index in [0.717, 1.165) is 31.8 Å². The first-order chi connectivity index (χ1) is 9.11. The molecule has 6 heteroatoms. The third-order valence-corrected chi connectivity index (χ3v) is 3.69. The lowest BCUT2D eigenvalue weighted by Crippen LogP contribution is -2.47. The van der Waals surface area contributed by atoms with Gasteiger partial charge in [-0.1, -0.05) is 20.8 Å². The van der Waals surface area contributed by atoms with Gasteiger partial charge in [-0.15, -0.1) is 0 Å². The quantitative estimate of drug-likeness (QED) is 0.587. The Labute approximate surface area is 114 Å². The van der Waals surface area contributed by atoms with E-state index in [1.807, 2.05) is 4.68 Å². The fourth-order valence-corrected chi connectivity index (χ4v) is 2.64. The van der Waals surface area contributed by atoms with Crippen LogP contribution in [0.1, 0.15) is 33.0 Å². The van der Waals surface area contributed by atoms with Crippen molar-refractivity contribution in [3.8, 4) is 0 Å². The Morgan fingerprint density at radius 1 is 1.58 bits per heavy atom. The zero-order valence-electron chi connectivity index (χ0n) is 12.0. The Bertz CT molecular complexity index is 392. The molecule has 0 aromatic carbocycles. The van der Waals surface area contributed by atoms with Crippen LogP contribution in [0.5, 0.6) is 0 Å². The molecule has 2 rings (SSSR count). The highest BCUT2D eigenvalue weighted by Crippen LogP contribution is 2.24. The van der Waals surface area contributed by atoms with Crippen LogP contribution in [0, 0.1) is 11.8 Å². The van der Waals surface area contributed by atoms with E-state index in [9.17, 15) is 0 Å². The Kier molecular flexibility index (Phi) is 4.90. The summed E-state index contributed by atoms with van der Waals surface area (Å²) in [6.45, 7) is 8.26. The number of nitrogens with two attached hydrogens (primary N) is 1. The number of hydrogen-bond donors (Lipinski definition) is 2. The normalized spacial score (nSPS) is 25.1. The van der Waals surface area contributed by atoms with Gasteiger partial charge in [-0.3, -0.25) is 11.3 Å². The van der Waals surface area contributed by atoms with Crippen molar-refractivity contribution in [2.45, 2.75) is 52.3 Å². The highest BCUT2D eigenvalue weighted by Gasteiger charge is 2.32. The molecule has 3 N–H and O–H groups in total. The van der Waals surface area contributed by atoms with E-state index in [4.69, 9.17) is 10.6 Å². The SMILES string of the molecule is CC(C)Cn1ncnc1CC(NN)C1OCCC1C. The average Bonchev–Trinajstić information content (AvgIpc) is 2.95. The summed E-state index contributed by atoms with van der Waals surface area (Å²) in [7, 11) is 0. The zero-order chi connectivity index (χ0) is 13.8. The van der Waals surface area contributed by atoms with Crippen LogP contribution in [0.25, 0.3) is 0 Å². The van der Waals surface area contributed by atoms with Crippen molar-refractivity contribution < 1.29 is 4.74 Å². The molecule has 3 unspecified atom stereocenters. The Hall–Kier alpha value is -0.980. The lowest BCUT2D eigenvalue weighted by Gasteiger charge is -2.25. The molecule has 0 bridgehead atoms. The molecule has 108 valence electrons. The van der Waals surface area contributed by atoms with Gasteiger partial charge in [-0.05, 0) is 18.3 Å². The molecule has 2 heterocycles. The van der Waals surface area contributed by atoms with Crippen LogP contribution < -0.4 is 11.3 Å². The number of nitrogens with one attached hydrogen (secondary N) is 1. The fraction of sp³-hybridized carbons (Fsp3) is 0.846. The van der Waals surface area contributed by atoms with Gasteiger partial charge in [0.2, 0.25) is 0 Å². The van der Waals surface area contributed by atoms with Crippen LogP contribution in [0.4, 0.5) is 0 Å². The van der Waals surface area contributed by atoms with Gasteiger partial charge in [0.15, 0.2) is 0 Å². The first-order valence-electron chi connectivity index (χ1n) is 7.06. The molecule has 0 aliphatic carbocycles. The second-order valence-electron chi connectivity index (χ2n) is 5.83. The second kappa shape index (κ2) is 6.45. The van der Waals surface area contributed by atoms with E-state index in [0.29, 0.717) is 11.8 Å². The van der Waals surface area contributed by atoms with E-state index in [-0.39, 0.29) is 12.1 Å². The average molecular weight is 267 g/mol. The third kappa shape index (κ3) is 3.52. The molecule has 0 spiro atoms. The number of hydrogen-bond acceptors (Lipinski definition) is 5. The molecule has 1 fully saturated rings. The molecule has 1 aliphatic heterocycles. The van der Waals surface area contributed by atoms with Crippen molar-refractivity contribution in [3.63, 3.8) is 0 Å². The molecular weight excluding hydrogens is 242 g/mol. The zero-order valence-corrected chi connectivity index (χ0v) is 12.0. The topological polar surface area (TPSA) is 78.0 Å². The van der Waals surface area contributed by atoms with Gasteiger partial charge in [0.05, 0.1) is 12.1 Å². The summed E-state index contributed by atoms with van der Waals surface area (Å²) in [6, 6.07) is 0.0904. The van der Waals surface area contributed by atoms with E-state index in [1.54, 1.807) is 6.33 Å². The first kappa shape index (κ1) is 14.4. The molecule has 3 atom stereocenters. The Morgan fingerprint density at radius 3 is 2.95 bits per heavy atom. The summed E-state index contributed by atoms with van der Waals surface area (Å²) in [4.78, 5) is 4.35. The summed E-state index contributed by atoms with van der Waals surface area (Å²) >= 11 is 0. The summed E-state index contributed by atoms with van der Waals surface area (Å²) in [6.07, 6.45) is 3.62. The van der Waals surface area contributed by atoms with Crippen LogP contribution in [-0.4, -0.2) is 33.5 Å².